The molecule has 1 heterocycles. The Balaban J connectivity index is 3.05. The van der Waals surface area contributed by atoms with Crippen LogP contribution in [0.5, 0.6) is 0 Å². The van der Waals surface area contributed by atoms with Gasteiger partial charge in [0, 0.05) is 27.1 Å². The Hall–Kier alpha value is -1.61. The molecule has 2 N–H and O–H groups in total. The van der Waals surface area contributed by atoms with Crippen LogP contribution in [0.2, 0.25) is 0 Å². The van der Waals surface area contributed by atoms with Gasteiger partial charge in [-0.25, -0.2) is 22.5 Å². The number of rotatable bonds is 7. The van der Waals surface area contributed by atoms with Crippen LogP contribution in [0.3, 0.4) is 0 Å². The lowest BCUT2D eigenvalue weighted by atomic mass is 10.4. The molecule has 0 aliphatic rings. The first-order chi connectivity index (χ1) is 9.74. The summed E-state index contributed by atoms with van der Waals surface area (Å²) >= 11 is 0. The Morgan fingerprint density at radius 3 is 2.48 bits per heavy atom. The lowest BCUT2D eigenvalue weighted by Gasteiger charge is -2.13. The van der Waals surface area contributed by atoms with E-state index in [1.807, 2.05) is 6.92 Å². The van der Waals surface area contributed by atoms with Crippen LogP contribution in [0.15, 0.2) is 0 Å². The summed E-state index contributed by atoms with van der Waals surface area (Å²) in [4.78, 5) is 15.9. The second-order valence-electron chi connectivity index (χ2n) is 4.59. The predicted octanol–water partition coefficient (Wildman–Crippen LogP) is 0.0958. The molecule has 0 radical (unpaired) electrons. The van der Waals surface area contributed by atoms with Crippen molar-refractivity contribution in [2.45, 2.75) is 26.8 Å². The minimum absolute atomic E-state index is 0.0379. The van der Waals surface area contributed by atoms with Crippen LogP contribution in [0.1, 0.15) is 30.2 Å². The monoisotopic (exact) mass is 318 g/mol. The molecular weight excluding hydrogens is 296 g/mol. The number of ether oxygens (including phenoxy) is 1. The van der Waals surface area contributed by atoms with Gasteiger partial charge in [0.25, 0.3) is 0 Å². The van der Waals surface area contributed by atoms with Gasteiger partial charge in [0.15, 0.2) is 5.69 Å². The van der Waals surface area contributed by atoms with Crippen molar-refractivity contribution in [2.75, 3.05) is 32.2 Å². The fraction of sp³-hybridized carbons (Fsp3) is 0.667. The lowest BCUT2D eigenvalue weighted by molar-refractivity contribution is 0.0521. The third-order valence-electron chi connectivity index (χ3n) is 3.00. The molecule has 0 saturated carbocycles. The number of hydrogen-bond donors (Lipinski definition) is 1. The molecule has 0 aliphatic carbocycles. The molecule has 1 aromatic rings. The first kappa shape index (κ1) is 17.4. The van der Waals surface area contributed by atoms with Crippen LogP contribution in [0, 0.1) is 0 Å². The Kier molecular flexibility index (Phi) is 5.73. The van der Waals surface area contributed by atoms with Gasteiger partial charge in [-0.15, -0.1) is 0 Å². The van der Waals surface area contributed by atoms with E-state index >= 15 is 0 Å². The van der Waals surface area contributed by atoms with Gasteiger partial charge in [0.1, 0.15) is 11.6 Å². The first-order valence-corrected chi connectivity index (χ1v) is 8.27. The normalized spacial score (nSPS) is 11.9. The number of aromatic nitrogens is 2. The fourth-order valence-electron chi connectivity index (χ4n) is 1.77. The molecule has 9 heteroatoms. The molecule has 0 unspecified atom stereocenters. The van der Waals surface area contributed by atoms with E-state index in [2.05, 4.69) is 4.98 Å². The van der Waals surface area contributed by atoms with Crippen LogP contribution in [-0.2, 0) is 27.7 Å². The molecule has 1 rings (SSSR count). The Labute approximate surface area is 124 Å². The summed E-state index contributed by atoms with van der Waals surface area (Å²) in [5.41, 5.74) is 5.95. The third-order valence-corrected chi connectivity index (χ3v) is 4.81. The fourth-order valence-corrected chi connectivity index (χ4v) is 2.55. The topological polar surface area (TPSA) is 108 Å². The van der Waals surface area contributed by atoms with Crippen molar-refractivity contribution in [3.05, 3.63) is 11.5 Å². The standard InChI is InChI=1S/C12H22N4O4S/c1-5-9-14-10(12(17)20-6-2)11(13)16(9)7-8-21(18,19)15(3)4/h5-8,13H2,1-4H3. The van der Waals surface area contributed by atoms with Crippen molar-refractivity contribution in [2.24, 2.45) is 0 Å². The number of aryl methyl sites for hydroxylation is 1. The van der Waals surface area contributed by atoms with Gasteiger partial charge in [0.05, 0.1) is 12.4 Å². The van der Waals surface area contributed by atoms with Gasteiger partial charge in [-0.05, 0) is 6.92 Å². The maximum atomic E-state index is 11.8. The van der Waals surface area contributed by atoms with Crippen LogP contribution < -0.4 is 5.73 Å². The van der Waals surface area contributed by atoms with E-state index in [1.54, 1.807) is 11.5 Å². The third kappa shape index (κ3) is 3.94. The molecule has 0 atom stereocenters. The molecule has 0 spiro atoms. The number of nitrogens with zero attached hydrogens (tertiary/aromatic N) is 3. The number of nitrogens with two attached hydrogens (primary N) is 1. The van der Waals surface area contributed by atoms with Crippen molar-refractivity contribution in [1.82, 2.24) is 13.9 Å². The lowest BCUT2D eigenvalue weighted by Crippen LogP contribution is -2.28. The van der Waals surface area contributed by atoms with Crippen molar-refractivity contribution < 1.29 is 17.9 Å². The molecule has 0 saturated heterocycles. The van der Waals surface area contributed by atoms with Crippen LogP contribution in [0.25, 0.3) is 0 Å². The van der Waals surface area contributed by atoms with E-state index in [-0.39, 0.29) is 30.4 Å². The zero-order valence-corrected chi connectivity index (χ0v) is 13.6. The number of carbonyl (C=O) groups excluding carboxylic acids is 1. The second-order valence-corrected chi connectivity index (χ2v) is 6.89. The first-order valence-electron chi connectivity index (χ1n) is 6.66. The number of anilines is 1. The van der Waals surface area contributed by atoms with Gasteiger partial charge in [-0.1, -0.05) is 6.92 Å². The highest BCUT2D eigenvalue weighted by atomic mass is 32.2. The average Bonchev–Trinajstić information content (AvgIpc) is 2.73. The Morgan fingerprint density at radius 2 is 2.00 bits per heavy atom. The van der Waals surface area contributed by atoms with Crippen LogP contribution in [0.4, 0.5) is 5.82 Å². The van der Waals surface area contributed by atoms with Crippen molar-refractivity contribution in [1.29, 1.82) is 0 Å². The van der Waals surface area contributed by atoms with Crippen molar-refractivity contribution in [3.63, 3.8) is 0 Å². The summed E-state index contributed by atoms with van der Waals surface area (Å²) in [5, 5.41) is 0. The van der Waals surface area contributed by atoms with Gasteiger partial charge >= 0.3 is 5.97 Å². The number of nitrogen functional groups attached to an aromatic ring is 1. The Bertz CT molecular complexity index is 607. The highest BCUT2D eigenvalue weighted by Crippen LogP contribution is 2.17. The maximum Gasteiger partial charge on any atom is 0.360 e. The minimum Gasteiger partial charge on any atom is -0.461 e. The number of carbonyl (C=O) groups is 1. The summed E-state index contributed by atoms with van der Waals surface area (Å²) in [6, 6.07) is 0. The molecule has 0 amide bonds. The minimum atomic E-state index is -3.35. The molecule has 0 aliphatic heterocycles. The second kappa shape index (κ2) is 6.90. The molecule has 21 heavy (non-hydrogen) atoms. The van der Waals surface area contributed by atoms with E-state index in [0.29, 0.717) is 12.2 Å². The molecule has 8 nitrogen and oxygen atoms in total. The predicted molar refractivity (Wildman–Crippen MR) is 79.4 cm³/mol. The van der Waals surface area contributed by atoms with Gasteiger partial charge in [-0.2, -0.15) is 0 Å². The van der Waals surface area contributed by atoms with E-state index in [9.17, 15) is 13.2 Å². The summed E-state index contributed by atoms with van der Waals surface area (Å²) < 4.78 is 31.2. The zero-order valence-electron chi connectivity index (χ0n) is 12.8. The average molecular weight is 318 g/mol. The van der Waals surface area contributed by atoms with Crippen molar-refractivity contribution >= 4 is 21.8 Å². The van der Waals surface area contributed by atoms with Crippen LogP contribution >= 0.6 is 0 Å². The molecular formula is C12H22N4O4S. The number of hydrogen-bond acceptors (Lipinski definition) is 6. The number of sulfonamides is 1. The Morgan fingerprint density at radius 1 is 1.38 bits per heavy atom. The smallest absolute Gasteiger partial charge is 0.360 e. The summed E-state index contributed by atoms with van der Waals surface area (Å²) in [6.07, 6.45) is 0.533. The van der Waals surface area contributed by atoms with Crippen molar-refractivity contribution in [3.8, 4) is 0 Å². The SMILES string of the molecule is CCOC(=O)c1nc(CC)n(CCS(=O)(=O)N(C)C)c1N. The molecule has 0 aromatic carbocycles. The summed E-state index contributed by atoms with van der Waals surface area (Å²) in [6.45, 7) is 3.91. The summed E-state index contributed by atoms with van der Waals surface area (Å²) in [7, 11) is -0.407. The molecule has 0 fully saturated rings. The van der Waals surface area contributed by atoms with E-state index in [1.165, 1.54) is 14.1 Å². The molecule has 120 valence electrons. The summed E-state index contributed by atoms with van der Waals surface area (Å²) in [5.74, 6) is -0.0155. The van der Waals surface area contributed by atoms with E-state index < -0.39 is 16.0 Å². The van der Waals surface area contributed by atoms with E-state index in [0.717, 1.165) is 4.31 Å². The van der Waals surface area contributed by atoms with Crippen LogP contribution in [-0.4, -0.2) is 54.7 Å². The maximum absolute atomic E-state index is 11.8. The molecule has 0 bridgehead atoms. The zero-order chi connectivity index (χ0) is 16.2. The van der Waals surface area contributed by atoms with Gasteiger partial charge in [-0.3, -0.25) is 0 Å². The van der Waals surface area contributed by atoms with Gasteiger partial charge in [0.2, 0.25) is 10.0 Å². The largest absolute Gasteiger partial charge is 0.461 e. The quantitative estimate of drug-likeness (QED) is 0.714. The number of imidazole rings is 1. The highest BCUT2D eigenvalue weighted by molar-refractivity contribution is 7.89. The van der Waals surface area contributed by atoms with Gasteiger partial charge < -0.3 is 15.0 Å². The number of esters is 1. The molecule has 1 aromatic heterocycles. The highest BCUT2D eigenvalue weighted by Gasteiger charge is 2.22. The van der Waals surface area contributed by atoms with E-state index in [4.69, 9.17) is 10.5 Å².